The van der Waals surface area contributed by atoms with E-state index in [0.29, 0.717) is 0 Å². The lowest BCUT2D eigenvalue weighted by molar-refractivity contribution is 0.668. The molecule has 12 heteroatoms. The number of thiophene rings is 2. The zero-order valence-corrected chi connectivity index (χ0v) is 76.5. The van der Waals surface area contributed by atoms with Gasteiger partial charge in [-0.1, -0.05) is 232 Å². The smallest absolute Gasteiger partial charge is 0.137 e. The Morgan fingerprint density at radius 2 is 0.454 bits per heavy atom. The summed E-state index contributed by atoms with van der Waals surface area (Å²) in [5.74, 6) is 0. The highest BCUT2D eigenvalue weighted by Crippen LogP contribution is 2.51. The molecule has 0 bridgehead atoms. The maximum atomic E-state index is 7.02. The first-order chi connectivity index (χ1) is 63.6. The van der Waals surface area contributed by atoms with E-state index >= 15 is 0 Å². The molecule has 4 heterocycles. The van der Waals surface area contributed by atoms with Crippen molar-refractivity contribution >= 4 is 247 Å². The topological polar surface area (TPSA) is 45.7 Å². The Bertz CT molecular complexity index is 8180. The van der Waals surface area contributed by atoms with E-state index in [1.54, 1.807) is 0 Å². The Balaban J connectivity index is 0.557. The van der Waals surface area contributed by atoms with Crippen LogP contribution in [0.4, 0.5) is 102 Å². The van der Waals surface area contributed by atoms with Gasteiger partial charge in [-0.15, -0.1) is 22.7 Å². The number of nitrogens with zero attached hydrogens (tertiary/aromatic N) is 6. The van der Waals surface area contributed by atoms with E-state index < -0.39 is 16.1 Å². The molecule has 0 spiro atoms. The van der Waals surface area contributed by atoms with E-state index in [9.17, 15) is 0 Å². The van der Waals surface area contributed by atoms with Crippen LogP contribution in [0, 0.1) is 0 Å². The van der Waals surface area contributed by atoms with Crippen LogP contribution in [0.25, 0.3) is 106 Å². The fraction of sp³-hybridized carbons (Fsp3) is 0.0508. The monoisotopic (exact) mass is 1740 g/mol. The minimum atomic E-state index is -1.64. The molecule has 0 N–H and O–H groups in total. The van der Waals surface area contributed by atoms with Crippen LogP contribution in [0.5, 0.6) is 0 Å². The second kappa shape index (κ2) is 32.5. The van der Waals surface area contributed by atoms with Crippen molar-refractivity contribution in [2.45, 2.75) is 39.3 Å². The molecular weight excluding hydrogens is 1650 g/mol. The Kier molecular flexibility index (Phi) is 19.9. The largest absolute Gasteiger partial charge is 0.456 e. The minimum absolute atomic E-state index is 0.814. The lowest BCUT2D eigenvalue weighted by Gasteiger charge is -2.27. The zero-order chi connectivity index (χ0) is 87.3. The summed E-state index contributed by atoms with van der Waals surface area (Å²) in [6.45, 7) is 14.5. The highest BCUT2D eigenvalue weighted by molar-refractivity contribution is 7.26. The highest BCUT2D eigenvalue weighted by Gasteiger charge is 2.27. The van der Waals surface area contributed by atoms with Gasteiger partial charge in [0.15, 0.2) is 0 Å². The number of para-hydroxylation sites is 5. The minimum Gasteiger partial charge on any atom is -0.456 e. The number of furan rings is 2. The van der Waals surface area contributed by atoms with Gasteiger partial charge in [-0.3, -0.25) is 0 Å². The van der Waals surface area contributed by atoms with Crippen LogP contribution in [-0.4, -0.2) is 16.1 Å². The van der Waals surface area contributed by atoms with Gasteiger partial charge in [0, 0.05) is 176 Å². The molecule has 0 unspecified atom stereocenters. The molecule has 0 aliphatic carbocycles. The van der Waals surface area contributed by atoms with Gasteiger partial charge in [-0.25, -0.2) is 0 Å². The quantitative estimate of drug-likeness (QED) is 0.0660. The molecule has 19 aromatic carbocycles. The molecule has 4 aromatic heterocycles. The summed E-state index contributed by atoms with van der Waals surface area (Å²) < 4.78 is 18.7. The molecule has 0 atom stereocenters. The summed E-state index contributed by atoms with van der Waals surface area (Å²) >= 11 is 3.68. The molecule has 0 fully saturated rings. The van der Waals surface area contributed by atoms with Crippen molar-refractivity contribution < 1.29 is 8.83 Å². The Morgan fingerprint density at radius 3 is 0.862 bits per heavy atom. The zero-order valence-electron chi connectivity index (χ0n) is 72.9. The number of anilines is 18. The van der Waals surface area contributed by atoms with Gasteiger partial charge in [0.1, 0.15) is 22.3 Å². The van der Waals surface area contributed by atoms with Crippen LogP contribution in [0.15, 0.2) is 446 Å². The Labute approximate surface area is 766 Å². The Morgan fingerprint density at radius 1 is 0.169 bits per heavy atom. The van der Waals surface area contributed by atoms with Crippen LogP contribution in [0.2, 0.25) is 39.3 Å². The molecule has 0 saturated carbocycles. The summed E-state index contributed by atoms with van der Waals surface area (Å²) in [7, 11) is -3.14. The molecule has 23 rings (SSSR count). The second-order valence-electron chi connectivity index (χ2n) is 35.8. The molecule has 23 aromatic rings. The SMILES string of the molecule is C[Si](C)(C)c1ccc(N(c2ccccc2)c2ccc3c(c2)sc2ccc(N(c4ccc5ccccc5c4)c4ccc5c(c4)oc4ccc(N(c6ccc(-c7cccc(N(c8ccccc8)c8ccc9c(c8)sc8ccc(N(c%10ccccc%10)c%10ccc%11c(c%10)oc%10ccc(N(c%12ccccc%12)c%12ccccc%12)cc%10%11)cc89)c7)cc6)c6ccc([Si](C)(C)C)cc6)cc45)cc23)cc1. The third kappa shape index (κ3) is 14.8. The van der Waals surface area contributed by atoms with Crippen LogP contribution in [-0.2, 0) is 0 Å². The number of hydrogen-bond donors (Lipinski definition) is 0. The first-order valence-electron chi connectivity index (χ1n) is 44.5. The third-order valence-corrected chi connectivity index (χ3v) is 31.8. The number of fused-ring (bicyclic) bond motifs is 13. The maximum Gasteiger partial charge on any atom is 0.137 e. The molecule has 0 radical (unpaired) electrons. The lowest BCUT2D eigenvalue weighted by Crippen LogP contribution is -2.37. The van der Waals surface area contributed by atoms with Crippen molar-refractivity contribution in [1.29, 1.82) is 0 Å². The number of rotatable bonds is 21. The summed E-state index contributed by atoms with van der Waals surface area (Å²) in [6.07, 6.45) is 0. The first-order valence-corrected chi connectivity index (χ1v) is 53.1. The summed E-state index contributed by atoms with van der Waals surface area (Å²) in [5.41, 5.74) is 24.8. The summed E-state index contributed by atoms with van der Waals surface area (Å²) in [4.78, 5) is 14.2. The molecular formula is C118H90N6O2S2Si2. The standard InChI is InChI=1S/C118H90N6O2S2Si2/c1-129(2,3)101-57-45-89(46-58-101)120(85-32-16-9-17-33-85)99-51-63-105-110-74-96(56-68-116(110)127-117(105)77-99)124(92-44-41-79-25-22-23-26-81(79)70-92)98-50-62-104-108-72-94(54-66-112(108)126-114(104)76-98)121(90-47-59-102(60-48-90)130(4,5)6)88-42-39-80(40-43-88)82-27-24-38-91(69-82)122(86-34-18-10-19-35-86)100-52-64-106-109-73-95(55-67-115(109)128-118(106)78-100)123(87-36-20-11-21-37-87)97-49-61-103-107-71-93(53-65-111(107)125-113(103)75-97)119(83-28-12-7-13-29-83)84-30-14-8-15-31-84/h7-78H,1-6H3. The summed E-state index contributed by atoms with van der Waals surface area (Å²) in [5, 5.41) is 14.3. The van der Waals surface area contributed by atoms with E-state index in [2.05, 4.69) is 505 Å². The average molecular weight is 1740 g/mol. The number of benzene rings is 19. The van der Waals surface area contributed by atoms with Crippen molar-refractivity contribution in [2.75, 3.05) is 29.4 Å². The second-order valence-corrected chi connectivity index (χ2v) is 48.1. The third-order valence-electron chi connectivity index (χ3n) is 25.4. The van der Waals surface area contributed by atoms with Crippen LogP contribution >= 0.6 is 22.7 Å². The highest BCUT2D eigenvalue weighted by atomic mass is 32.1. The van der Waals surface area contributed by atoms with Crippen molar-refractivity contribution in [2.24, 2.45) is 0 Å². The van der Waals surface area contributed by atoms with Gasteiger partial charge < -0.3 is 38.2 Å². The van der Waals surface area contributed by atoms with Crippen molar-refractivity contribution in [3.8, 4) is 11.1 Å². The van der Waals surface area contributed by atoms with Crippen LogP contribution < -0.4 is 39.8 Å². The van der Waals surface area contributed by atoms with Gasteiger partial charge in [0.25, 0.3) is 0 Å². The van der Waals surface area contributed by atoms with E-state index in [1.165, 1.54) is 61.5 Å². The average Bonchev–Trinajstić information content (AvgIpc) is 1.64. The molecule has 624 valence electrons. The molecule has 0 saturated heterocycles. The maximum absolute atomic E-state index is 7.02. The van der Waals surface area contributed by atoms with E-state index in [-0.39, 0.29) is 0 Å². The van der Waals surface area contributed by atoms with Crippen molar-refractivity contribution in [3.63, 3.8) is 0 Å². The van der Waals surface area contributed by atoms with E-state index in [0.717, 1.165) is 157 Å². The van der Waals surface area contributed by atoms with Gasteiger partial charge >= 0.3 is 0 Å². The normalized spacial score (nSPS) is 11.9. The fourth-order valence-electron chi connectivity index (χ4n) is 18.9. The predicted molar refractivity (Wildman–Crippen MR) is 564 cm³/mol. The summed E-state index contributed by atoms with van der Waals surface area (Å²) in [6, 6.07) is 160. The van der Waals surface area contributed by atoms with Gasteiger partial charge in [-0.05, 0) is 265 Å². The molecule has 8 nitrogen and oxygen atoms in total. The van der Waals surface area contributed by atoms with E-state index in [4.69, 9.17) is 8.83 Å². The van der Waals surface area contributed by atoms with Gasteiger partial charge in [0.05, 0.1) is 16.1 Å². The number of hydrogen-bond acceptors (Lipinski definition) is 10. The molecule has 0 amide bonds. The van der Waals surface area contributed by atoms with Crippen LogP contribution in [0.1, 0.15) is 0 Å². The molecule has 0 aliphatic heterocycles. The predicted octanol–water partition coefficient (Wildman–Crippen LogP) is 35.0. The molecule has 0 aliphatic rings. The fourth-order valence-corrected chi connectivity index (χ4v) is 23.4. The van der Waals surface area contributed by atoms with E-state index in [1.807, 2.05) is 22.7 Å². The van der Waals surface area contributed by atoms with Gasteiger partial charge in [0.2, 0.25) is 0 Å². The molecule has 130 heavy (non-hydrogen) atoms. The lowest BCUT2D eigenvalue weighted by atomic mass is 10.0. The van der Waals surface area contributed by atoms with Crippen LogP contribution in [0.3, 0.4) is 0 Å². The first kappa shape index (κ1) is 79.4. The van der Waals surface area contributed by atoms with Gasteiger partial charge in [-0.2, -0.15) is 0 Å². The van der Waals surface area contributed by atoms with Crippen molar-refractivity contribution in [3.05, 3.63) is 437 Å². The van der Waals surface area contributed by atoms with Crippen molar-refractivity contribution in [1.82, 2.24) is 0 Å². The Hall–Kier alpha value is -15.3.